The van der Waals surface area contributed by atoms with Crippen LogP contribution in [0.3, 0.4) is 0 Å². The minimum atomic E-state index is -1.35. The number of carboxylic acids is 1. The highest BCUT2D eigenvalue weighted by molar-refractivity contribution is 6.31. The van der Waals surface area contributed by atoms with Gasteiger partial charge >= 0.3 is 5.97 Å². The molecule has 52 heavy (non-hydrogen) atoms. The molecule has 2 amide bonds. The van der Waals surface area contributed by atoms with Gasteiger partial charge in [-0.15, -0.1) is 0 Å². The molecule has 2 aliphatic heterocycles. The highest BCUT2D eigenvalue weighted by Crippen LogP contribution is 2.42. The van der Waals surface area contributed by atoms with E-state index in [0.717, 1.165) is 41.2 Å². The molecule has 3 N–H and O–H groups in total. The molecule has 2 fully saturated rings. The lowest BCUT2D eigenvalue weighted by molar-refractivity contribution is -0.148. The number of hydrogen-bond acceptors (Lipinski definition) is 5. The molecule has 3 aromatic rings. The molecule has 1 aliphatic carbocycles. The van der Waals surface area contributed by atoms with E-state index < -0.39 is 46.2 Å². The lowest BCUT2D eigenvalue weighted by Crippen LogP contribution is -2.62. The summed E-state index contributed by atoms with van der Waals surface area (Å²) in [5.41, 5.74) is 2.80. The maximum absolute atomic E-state index is 14.3. The number of aliphatic carboxylic acids is 1. The highest BCUT2D eigenvalue weighted by Gasteiger charge is 2.47. The van der Waals surface area contributed by atoms with Crippen LogP contribution in [-0.4, -0.2) is 65.1 Å². The molecule has 0 aromatic heterocycles. The molecule has 2 atom stereocenters. The Kier molecular flexibility index (Phi) is 11.0. The SMILES string of the molecule is CC(C)(CCC(=O)N1C[C@H]2CC(c3ccc(CCCOc4c(F)ccc(F)c4F)cc3)=C(C(=O)NC3(Cc4ccccc4Cl)CC3)[C@@H](C1)N2)C(=O)O. The van der Waals surface area contributed by atoms with Crippen molar-refractivity contribution in [1.29, 1.82) is 0 Å². The van der Waals surface area contributed by atoms with Crippen LogP contribution in [0.4, 0.5) is 13.2 Å². The van der Waals surface area contributed by atoms with Crippen molar-refractivity contribution in [2.45, 2.75) is 82.8 Å². The maximum Gasteiger partial charge on any atom is 0.309 e. The summed E-state index contributed by atoms with van der Waals surface area (Å²) in [5, 5.41) is 17.1. The monoisotopic (exact) mass is 737 g/mol. The maximum atomic E-state index is 14.3. The van der Waals surface area contributed by atoms with Crippen LogP contribution in [0.15, 0.2) is 66.2 Å². The number of carbonyl (C=O) groups excluding carboxylic acids is 2. The van der Waals surface area contributed by atoms with E-state index in [-0.39, 0.29) is 43.8 Å². The predicted molar refractivity (Wildman–Crippen MR) is 191 cm³/mol. The first-order valence-corrected chi connectivity index (χ1v) is 18.0. The number of aryl methyl sites for hydroxylation is 1. The van der Waals surface area contributed by atoms with Crippen LogP contribution >= 0.6 is 11.6 Å². The van der Waals surface area contributed by atoms with Gasteiger partial charge in [-0.2, -0.15) is 4.39 Å². The number of carbonyl (C=O) groups is 3. The van der Waals surface area contributed by atoms with Crippen molar-refractivity contribution in [3.05, 3.63) is 105 Å². The molecule has 3 aliphatic rings. The Bertz CT molecular complexity index is 1880. The minimum absolute atomic E-state index is 0.0114. The largest absolute Gasteiger partial charge is 0.488 e. The second-order valence-electron chi connectivity index (χ2n) is 14.8. The number of amides is 2. The van der Waals surface area contributed by atoms with Crippen molar-refractivity contribution < 1.29 is 37.4 Å². The summed E-state index contributed by atoms with van der Waals surface area (Å²) in [5.74, 6) is -5.51. The van der Waals surface area contributed by atoms with Gasteiger partial charge in [-0.05, 0) is 99.3 Å². The fourth-order valence-electron chi connectivity index (χ4n) is 7.05. The quantitative estimate of drug-likeness (QED) is 0.123. The van der Waals surface area contributed by atoms with Gasteiger partial charge < -0.3 is 25.4 Å². The second kappa shape index (κ2) is 15.3. The van der Waals surface area contributed by atoms with E-state index in [1.54, 1.807) is 18.7 Å². The average molecular weight is 738 g/mol. The Morgan fingerprint density at radius 3 is 2.42 bits per heavy atom. The fraction of sp³-hybridized carbons (Fsp3) is 0.425. The average Bonchev–Trinajstić information content (AvgIpc) is 3.87. The van der Waals surface area contributed by atoms with Crippen LogP contribution < -0.4 is 15.4 Å². The van der Waals surface area contributed by atoms with Gasteiger partial charge in [0.25, 0.3) is 0 Å². The molecule has 8 nitrogen and oxygen atoms in total. The first-order chi connectivity index (χ1) is 24.7. The zero-order chi connectivity index (χ0) is 37.2. The third-order valence-corrected chi connectivity index (χ3v) is 10.8. The summed E-state index contributed by atoms with van der Waals surface area (Å²) in [6.07, 6.45) is 4.00. The Morgan fingerprint density at radius 1 is 1.02 bits per heavy atom. The number of halogens is 4. The number of fused-ring (bicyclic) bond motifs is 2. The molecule has 0 unspecified atom stereocenters. The second-order valence-corrected chi connectivity index (χ2v) is 15.2. The summed E-state index contributed by atoms with van der Waals surface area (Å²) < 4.78 is 46.6. The number of nitrogens with one attached hydrogen (secondary N) is 2. The Morgan fingerprint density at radius 2 is 1.73 bits per heavy atom. The van der Waals surface area contributed by atoms with Crippen molar-refractivity contribution in [3.63, 3.8) is 0 Å². The summed E-state index contributed by atoms with van der Waals surface area (Å²) in [6, 6.07) is 16.4. The number of piperazine rings is 1. The van der Waals surface area contributed by atoms with E-state index >= 15 is 0 Å². The first-order valence-electron chi connectivity index (χ1n) is 17.7. The standard InChI is InChI=1S/C40H43ClF3N3O5/c1-39(2,38(50)51)16-15-33(48)47-22-27-20-28(25-11-9-24(10-12-25)6-5-19-52-36-31(43)14-13-30(42)35(36)44)34(32(23-47)45-27)37(49)46-40(17-18-40)21-26-7-3-4-8-29(26)41/h3-4,7-14,27,32,45H,5-6,15-23H2,1-2H3,(H,46,49)(H,50,51)/t27-,32-/m1/s1. The number of benzene rings is 3. The van der Waals surface area contributed by atoms with Crippen LogP contribution in [-0.2, 0) is 27.2 Å². The van der Waals surface area contributed by atoms with Gasteiger partial charge in [0, 0.05) is 41.7 Å². The van der Waals surface area contributed by atoms with Crippen molar-refractivity contribution in [3.8, 4) is 5.75 Å². The summed E-state index contributed by atoms with van der Waals surface area (Å²) in [4.78, 5) is 41.1. The van der Waals surface area contributed by atoms with E-state index in [2.05, 4.69) is 10.6 Å². The van der Waals surface area contributed by atoms with Gasteiger partial charge in [-0.3, -0.25) is 14.4 Å². The highest BCUT2D eigenvalue weighted by atomic mass is 35.5. The van der Waals surface area contributed by atoms with Gasteiger partial charge in [0.1, 0.15) is 0 Å². The zero-order valence-electron chi connectivity index (χ0n) is 29.2. The fourth-order valence-corrected chi connectivity index (χ4v) is 7.25. The third kappa shape index (κ3) is 8.47. The molecule has 1 saturated heterocycles. The molecule has 276 valence electrons. The molecule has 1 saturated carbocycles. The van der Waals surface area contributed by atoms with Gasteiger partial charge in [0.2, 0.25) is 17.6 Å². The van der Waals surface area contributed by atoms with Crippen molar-refractivity contribution in [2.75, 3.05) is 19.7 Å². The number of nitrogens with zero attached hydrogens (tertiary/aromatic N) is 1. The van der Waals surface area contributed by atoms with E-state index in [4.69, 9.17) is 16.3 Å². The summed E-state index contributed by atoms with van der Waals surface area (Å²) in [7, 11) is 0. The lowest BCUT2D eigenvalue weighted by Gasteiger charge is -2.44. The van der Waals surface area contributed by atoms with Crippen LogP contribution in [0.1, 0.15) is 69.1 Å². The summed E-state index contributed by atoms with van der Waals surface area (Å²) >= 11 is 6.48. The van der Waals surface area contributed by atoms with Crippen LogP contribution in [0, 0.1) is 22.9 Å². The first kappa shape index (κ1) is 37.4. The molecular formula is C40H43ClF3N3O5. The topological polar surface area (TPSA) is 108 Å². The normalized spacial score (nSPS) is 19.3. The number of rotatable bonds is 14. The number of carboxylic acid groups (broad SMARTS) is 1. The Hall–Kier alpha value is -4.35. The van der Waals surface area contributed by atoms with Crippen molar-refractivity contribution >= 4 is 35.0 Å². The predicted octanol–water partition coefficient (Wildman–Crippen LogP) is 6.88. The smallest absolute Gasteiger partial charge is 0.309 e. The van der Waals surface area contributed by atoms with E-state index in [9.17, 15) is 32.7 Å². The zero-order valence-corrected chi connectivity index (χ0v) is 30.0. The molecule has 0 radical (unpaired) electrons. The molecule has 12 heteroatoms. The number of hydrogen-bond donors (Lipinski definition) is 3. The van der Waals surface area contributed by atoms with E-state index in [1.165, 1.54) is 0 Å². The Balaban J connectivity index is 1.20. The third-order valence-electron chi connectivity index (χ3n) is 10.4. The van der Waals surface area contributed by atoms with Gasteiger partial charge in [-0.1, -0.05) is 54.1 Å². The van der Waals surface area contributed by atoms with E-state index in [0.29, 0.717) is 48.9 Å². The van der Waals surface area contributed by atoms with Crippen LogP contribution in [0.25, 0.3) is 5.57 Å². The molecular weight excluding hydrogens is 695 g/mol. The van der Waals surface area contributed by atoms with Gasteiger partial charge in [0.05, 0.1) is 18.1 Å². The molecule has 2 heterocycles. The molecule has 0 spiro atoms. The van der Waals surface area contributed by atoms with Crippen LogP contribution in [0.5, 0.6) is 5.75 Å². The van der Waals surface area contributed by atoms with Gasteiger partial charge in [-0.25, -0.2) is 8.78 Å². The molecule has 6 rings (SSSR count). The van der Waals surface area contributed by atoms with Crippen molar-refractivity contribution in [2.24, 2.45) is 5.41 Å². The lowest BCUT2D eigenvalue weighted by atomic mass is 9.82. The molecule has 3 aromatic carbocycles. The summed E-state index contributed by atoms with van der Waals surface area (Å²) in [6.45, 7) is 3.91. The van der Waals surface area contributed by atoms with E-state index in [1.807, 2.05) is 48.5 Å². The Labute approximate surface area is 306 Å². The minimum Gasteiger partial charge on any atom is -0.488 e. The van der Waals surface area contributed by atoms with Crippen LogP contribution in [0.2, 0.25) is 5.02 Å². The molecule has 2 bridgehead atoms. The van der Waals surface area contributed by atoms with Gasteiger partial charge in [0.15, 0.2) is 17.4 Å². The van der Waals surface area contributed by atoms with Crippen molar-refractivity contribution in [1.82, 2.24) is 15.5 Å². The number of ether oxygens (including phenoxy) is 1.